The van der Waals surface area contributed by atoms with Gasteiger partial charge in [0, 0.05) is 5.02 Å². The van der Waals surface area contributed by atoms with Crippen molar-refractivity contribution in [2.75, 3.05) is 5.75 Å². The zero-order valence-corrected chi connectivity index (χ0v) is 21.2. The molecular weight excluding hydrogens is 480 g/mol. The molecule has 6 nitrogen and oxygen atoms in total. The van der Waals surface area contributed by atoms with Crippen molar-refractivity contribution in [3.8, 4) is 5.69 Å². The monoisotopic (exact) mass is 504 g/mol. The third-order valence-corrected chi connectivity index (χ3v) is 6.53. The van der Waals surface area contributed by atoms with Gasteiger partial charge in [0.05, 0.1) is 28.6 Å². The molecule has 1 heterocycles. The lowest BCUT2D eigenvalue weighted by Crippen LogP contribution is -2.24. The van der Waals surface area contributed by atoms with E-state index in [0.29, 0.717) is 26.8 Å². The molecule has 8 heteroatoms. The normalized spacial score (nSPS) is 11.8. The molecule has 0 spiro atoms. The second kappa shape index (κ2) is 10.5. The van der Waals surface area contributed by atoms with Crippen molar-refractivity contribution >= 4 is 46.4 Å². The van der Waals surface area contributed by atoms with Crippen molar-refractivity contribution in [3.63, 3.8) is 0 Å². The van der Waals surface area contributed by atoms with Crippen molar-refractivity contribution in [1.29, 1.82) is 0 Å². The molecular formula is C27H25ClN4O2S. The van der Waals surface area contributed by atoms with Crippen molar-refractivity contribution in [2.24, 2.45) is 5.10 Å². The number of carbonyl (C=O) groups is 1. The molecule has 35 heavy (non-hydrogen) atoms. The Hall–Kier alpha value is -3.42. The summed E-state index contributed by atoms with van der Waals surface area (Å²) in [6, 6.07) is 22.1. The summed E-state index contributed by atoms with van der Waals surface area (Å²) < 4.78 is 1.50. The topological polar surface area (TPSA) is 76.3 Å². The zero-order chi connectivity index (χ0) is 25.0. The number of para-hydroxylation sites is 1. The third-order valence-electron chi connectivity index (χ3n) is 5.34. The van der Waals surface area contributed by atoms with E-state index in [4.69, 9.17) is 11.6 Å². The fourth-order valence-corrected chi connectivity index (χ4v) is 4.37. The first-order valence-electron chi connectivity index (χ1n) is 11.1. The van der Waals surface area contributed by atoms with Gasteiger partial charge in [-0.25, -0.2) is 10.4 Å². The summed E-state index contributed by atoms with van der Waals surface area (Å²) in [5.74, 6) is -0.263. The Kier molecular flexibility index (Phi) is 7.38. The van der Waals surface area contributed by atoms with E-state index in [1.54, 1.807) is 48.7 Å². The maximum Gasteiger partial charge on any atom is 0.266 e. The molecule has 1 aromatic heterocycles. The van der Waals surface area contributed by atoms with E-state index < -0.39 is 0 Å². The number of amides is 1. The van der Waals surface area contributed by atoms with Gasteiger partial charge in [0.25, 0.3) is 11.5 Å². The number of hydrogen-bond acceptors (Lipinski definition) is 5. The zero-order valence-electron chi connectivity index (χ0n) is 19.7. The maximum absolute atomic E-state index is 13.2. The lowest BCUT2D eigenvalue weighted by molar-refractivity contribution is -0.118. The summed E-state index contributed by atoms with van der Waals surface area (Å²) >= 11 is 7.19. The molecule has 0 aliphatic heterocycles. The number of hydrazone groups is 1. The predicted octanol–water partition coefficient (Wildman–Crippen LogP) is 5.58. The van der Waals surface area contributed by atoms with Gasteiger partial charge in [0.2, 0.25) is 0 Å². The standard InChI is InChI=1S/C27H25ClN4O2S/c1-27(2,3)19-10-8-18(9-11-19)16-29-31-24(33)17-35-26-30-23-7-5-4-6-22(23)25(34)32(26)21-14-12-20(28)13-15-21/h4-16H,17H2,1-3H3,(H,31,33)/b29-16+. The number of aromatic nitrogens is 2. The highest BCUT2D eigenvalue weighted by Crippen LogP contribution is 2.23. The van der Waals surface area contributed by atoms with Gasteiger partial charge in [-0.3, -0.25) is 14.2 Å². The second-order valence-corrected chi connectivity index (χ2v) is 10.4. The minimum absolute atomic E-state index is 0.0403. The SMILES string of the molecule is CC(C)(C)c1ccc(/C=N/NC(=O)CSc2nc3ccccc3c(=O)n2-c2ccc(Cl)cc2)cc1. The van der Waals surface area contributed by atoms with Crippen LogP contribution in [0.3, 0.4) is 0 Å². The molecule has 0 unspecified atom stereocenters. The molecule has 0 fully saturated rings. The van der Waals surface area contributed by atoms with Crippen LogP contribution in [0.15, 0.2) is 87.8 Å². The molecule has 4 rings (SSSR count). The average molecular weight is 505 g/mol. The molecule has 0 bridgehead atoms. The van der Waals surface area contributed by atoms with Crippen LogP contribution in [0.1, 0.15) is 31.9 Å². The minimum Gasteiger partial charge on any atom is -0.272 e. The Morgan fingerprint density at radius 3 is 2.43 bits per heavy atom. The summed E-state index contributed by atoms with van der Waals surface area (Å²) in [4.78, 5) is 30.3. The van der Waals surface area contributed by atoms with Gasteiger partial charge in [0.1, 0.15) is 0 Å². The van der Waals surface area contributed by atoms with E-state index >= 15 is 0 Å². The second-order valence-electron chi connectivity index (χ2n) is 8.98. The Bertz CT molecular complexity index is 1440. The number of nitrogens with one attached hydrogen (secondary N) is 1. The number of halogens is 1. The van der Waals surface area contributed by atoms with Crippen LogP contribution in [0.2, 0.25) is 5.02 Å². The Morgan fingerprint density at radius 2 is 1.74 bits per heavy atom. The Morgan fingerprint density at radius 1 is 1.06 bits per heavy atom. The molecule has 178 valence electrons. The van der Waals surface area contributed by atoms with E-state index in [1.807, 2.05) is 18.2 Å². The van der Waals surface area contributed by atoms with E-state index in [2.05, 4.69) is 48.4 Å². The summed E-state index contributed by atoms with van der Waals surface area (Å²) in [6.45, 7) is 6.47. The van der Waals surface area contributed by atoms with E-state index in [-0.39, 0.29) is 22.6 Å². The molecule has 0 saturated heterocycles. The fraction of sp³-hybridized carbons (Fsp3) is 0.185. The third kappa shape index (κ3) is 5.99. The number of fused-ring (bicyclic) bond motifs is 1. The average Bonchev–Trinajstić information content (AvgIpc) is 2.83. The molecule has 4 aromatic rings. The first-order chi connectivity index (χ1) is 16.7. The van der Waals surface area contributed by atoms with Crippen LogP contribution >= 0.6 is 23.4 Å². The highest BCUT2D eigenvalue weighted by atomic mass is 35.5. The molecule has 0 saturated carbocycles. The van der Waals surface area contributed by atoms with Crippen LogP contribution in [-0.4, -0.2) is 27.4 Å². The lowest BCUT2D eigenvalue weighted by atomic mass is 9.87. The van der Waals surface area contributed by atoms with Crippen LogP contribution in [0, 0.1) is 0 Å². The van der Waals surface area contributed by atoms with Gasteiger partial charge in [-0.2, -0.15) is 5.10 Å². The number of nitrogens with zero attached hydrogens (tertiary/aromatic N) is 3. The van der Waals surface area contributed by atoms with Gasteiger partial charge >= 0.3 is 0 Å². The van der Waals surface area contributed by atoms with Gasteiger partial charge in [-0.05, 0) is 52.9 Å². The van der Waals surface area contributed by atoms with Gasteiger partial charge < -0.3 is 0 Å². The molecule has 1 N–H and O–H groups in total. The number of rotatable bonds is 6. The first kappa shape index (κ1) is 24.7. The molecule has 1 amide bonds. The molecule has 0 aliphatic carbocycles. The van der Waals surface area contributed by atoms with Crippen LogP contribution < -0.4 is 11.0 Å². The van der Waals surface area contributed by atoms with Crippen LogP contribution in [0.5, 0.6) is 0 Å². The van der Waals surface area contributed by atoms with E-state index in [0.717, 1.165) is 5.56 Å². The molecule has 3 aromatic carbocycles. The van der Waals surface area contributed by atoms with Crippen molar-refractivity contribution in [3.05, 3.63) is 99.3 Å². The van der Waals surface area contributed by atoms with Gasteiger partial charge in [0.15, 0.2) is 5.16 Å². The Balaban J connectivity index is 1.50. The van der Waals surface area contributed by atoms with Crippen LogP contribution in [0.25, 0.3) is 16.6 Å². The predicted molar refractivity (Wildman–Crippen MR) is 144 cm³/mol. The van der Waals surface area contributed by atoms with Crippen molar-refractivity contribution in [2.45, 2.75) is 31.3 Å². The number of hydrogen-bond donors (Lipinski definition) is 1. The number of thioether (sulfide) groups is 1. The molecule has 0 radical (unpaired) electrons. The molecule has 0 atom stereocenters. The largest absolute Gasteiger partial charge is 0.272 e. The summed E-state index contributed by atoms with van der Waals surface area (Å²) in [7, 11) is 0. The van der Waals surface area contributed by atoms with Crippen LogP contribution in [0.4, 0.5) is 0 Å². The van der Waals surface area contributed by atoms with Crippen molar-refractivity contribution < 1.29 is 4.79 Å². The van der Waals surface area contributed by atoms with E-state index in [1.165, 1.54) is 21.9 Å². The first-order valence-corrected chi connectivity index (χ1v) is 12.4. The fourth-order valence-electron chi connectivity index (χ4n) is 3.44. The molecule has 0 aliphatic rings. The quantitative estimate of drug-likeness (QED) is 0.161. The minimum atomic E-state index is -0.303. The van der Waals surface area contributed by atoms with Crippen LogP contribution in [-0.2, 0) is 10.2 Å². The summed E-state index contributed by atoms with van der Waals surface area (Å²) in [6.07, 6.45) is 1.60. The van der Waals surface area contributed by atoms with Crippen molar-refractivity contribution in [1.82, 2.24) is 15.0 Å². The maximum atomic E-state index is 13.2. The lowest BCUT2D eigenvalue weighted by Gasteiger charge is -2.18. The Labute approximate surface area is 213 Å². The van der Waals surface area contributed by atoms with Gasteiger partial charge in [-0.15, -0.1) is 0 Å². The summed E-state index contributed by atoms with van der Waals surface area (Å²) in [5, 5.41) is 5.54. The highest BCUT2D eigenvalue weighted by molar-refractivity contribution is 7.99. The number of carbonyl (C=O) groups excluding carboxylic acids is 1. The summed E-state index contributed by atoms with van der Waals surface area (Å²) in [5.41, 5.74) is 5.71. The van der Waals surface area contributed by atoms with E-state index in [9.17, 15) is 9.59 Å². The van der Waals surface area contributed by atoms with Gasteiger partial charge in [-0.1, -0.05) is 80.5 Å². The smallest absolute Gasteiger partial charge is 0.266 e. The number of benzene rings is 3. The highest BCUT2D eigenvalue weighted by Gasteiger charge is 2.15.